The van der Waals surface area contributed by atoms with Gasteiger partial charge in [-0.15, -0.1) is 0 Å². The van der Waals surface area contributed by atoms with Gasteiger partial charge in [0.2, 0.25) is 0 Å². The van der Waals surface area contributed by atoms with E-state index in [-0.39, 0.29) is 0 Å². The van der Waals surface area contributed by atoms with Gasteiger partial charge in [-0.1, -0.05) is 22.6 Å². The minimum Gasteiger partial charge on any atom is -0.0823 e. The molecule has 1 rings (SSSR count). The normalized spacial score (nSPS) is 26.2. The van der Waals surface area contributed by atoms with E-state index >= 15 is 0 Å². The van der Waals surface area contributed by atoms with Gasteiger partial charge in [0, 0.05) is 3.92 Å². The third kappa shape index (κ3) is 0.587. The summed E-state index contributed by atoms with van der Waals surface area (Å²) in [6, 6.07) is 0. The SMILES string of the molecule is IC1[CH]C1. The zero-order chi connectivity index (χ0) is 2.99. The third-order valence-electron chi connectivity index (χ3n) is 0.414. The molecular formula is C3H4I. The Kier molecular flexibility index (Phi) is 0.623. The predicted molar refractivity (Wildman–Crippen MR) is 26.7 cm³/mol. The Morgan fingerprint density at radius 1 is 2.00 bits per heavy atom. The summed E-state index contributed by atoms with van der Waals surface area (Å²) in [5, 5.41) is 0. The minimum absolute atomic E-state index is 0.928. The van der Waals surface area contributed by atoms with Crippen LogP contribution >= 0.6 is 22.6 Å². The van der Waals surface area contributed by atoms with Crippen molar-refractivity contribution in [2.45, 2.75) is 10.3 Å². The molecule has 0 bridgehead atoms. The molecule has 1 radical (unpaired) electrons. The molecule has 1 unspecified atom stereocenters. The summed E-state index contributed by atoms with van der Waals surface area (Å²) >= 11 is 2.40. The molecule has 0 aromatic carbocycles. The monoisotopic (exact) mass is 167 g/mol. The summed E-state index contributed by atoms with van der Waals surface area (Å²) in [5.74, 6) is 0. The number of halogens is 1. The van der Waals surface area contributed by atoms with Crippen LogP contribution in [0.3, 0.4) is 0 Å². The molecule has 0 aromatic rings. The van der Waals surface area contributed by atoms with E-state index in [9.17, 15) is 0 Å². The van der Waals surface area contributed by atoms with Gasteiger partial charge < -0.3 is 0 Å². The van der Waals surface area contributed by atoms with Crippen LogP contribution in [-0.4, -0.2) is 3.92 Å². The zero-order valence-corrected chi connectivity index (χ0v) is 4.40. The van der Waals surface area contributed by atoms with Gasteiger partial charge in [0.05, 0.1) is 0 Å². The second-order valence-electron chi connectivity index (χ2n) is 0.987. The lowest BCUT2D eigenvalue weighted by molar-refractivity contribution is 1.57. The molecule has 0 heterocycles. The van der Waals surface area contributed by atoms with Crippen LogP contribution in [0, 0.1) is 6.42 Å². The van der Waals surface area contributed by atoms with Crippen molar-refractivity contribution in [2.75, 3.05) is 0 Å². The van der Waals surface area contributed by atoms with E-state index in [0.29, 0.717) is 0 Å². The fourth-order valence-corrected chi connectivity index (χ4v) is 0.345. The molecule has 23 valence electrons. The molecular weight excluding hydrogens is 163 g/mol. The van der Waals surface area contributed by atoms with Crippen molar-refractivity contribution < 1.29 is 0 Å². The van der Waals surface area contributed by atoms with E-state index in [1.807, 2.05) is 0 Å². The summed E-state index contributed by atoms with van der Waals surface area (Å²) in [4.78, 5) is 0. The molecule has 4 heavy (non-hydrogen) atoms. The summed E-state index contributed by atoms with van der Waals surface area (Å²) in [7, 11) is 0. The van der Waals surface area contributed by atoms with E-state index in [1.54, 1.807) is 0 Å². The van der Waals surface area contributed by atoms with E-state index in [1.165, 1.54) is 6.42 Å². The fourth-order valence-electron chi connectivity index (χ4n) is 0.0514. The van der Waals surface area contributed by atoms with Crippen LogP contribution in [0.5, 0.6) is 0 Å². The summed E-state index contributed by atoms with van der Waals surface area (Å²) < 4.78 is 0.928. The number of rotatable bonds is 0. The highest BCUT2D eigenvalue weighted by Gasteiger charge is 2.15. The number of hydrogen-bond acceptors (Lipinski definition) is 0. The Labute approximate surface area is 39.7 Å². The lowest BCUT2D eigenvalue weighted by atomic mass is 11.0. The first-order valence-electron chi connectivity index (χ1n) is 1.37. The first-order chi connectivity index (χ1) is 1.89. The van der Waals surface area contributed by atoms with Gasteiger partial charge in [-0.2, -0.15) is 0 Å². The van der Waals surface area contributed by atoms with Gasteiger partial charge in [0.15, 0.2) is 0 Å². The van der Waals surface area contributed by atoms with Crippen LogP contribution in [0.25, 0.3) is 0 Å². The van der Waals surface area contributed by atoms with Crippen molar-refractivity contribution in [1.82, 2.24) is 0 Å². The predicted octanol–water partition coefficient (Wildman–Crippen LogP) is 1.40. The van der Waals surface area contributed by atoms with Gasteiger partial charge in [-0.05, 0) is 12.8 Å². The number of alkyl halides is 1. The van der Waals surface area contributed by atoms with E-state index in [4.69, 9.17) is 0 Å². The molecule has 1 aliphatic rings. The van der Waals surface area contributed by atoms with E-state index < -0.39 is 0 Å². The van der Waals surface area contributed by atoms with Crippen LogP contribution in [0.1, 0.15) is 6.42 Å². The van der Waals surface area contributed by atoms with Crippen molar-refractivity contribution in [2.24, 2.45) is 0 Å². The summed E-state index contributed by atoms with van der Waals surface area (Å²) in [6.07, 6.45) is 3.63. The molecule has 1 saturated carbocycles. The molecule has 1 fully saturated rings. The van der Waals surface area contributed by atoms with Crippen LogP contribution in [-0.2, 0) is 0 Å². The highest BCUT2D eigenvalue weighted by atomic mass is 127. The molecule has 1 atom stereocenters. The maximum Gasteiger partial charge on any atom is 0.0144 e. The summed E-state index contributed by atoms with van der Waals surface area (Å²) in [6.45, 7) is 0. The Bertz CT molecular complexity index is 22.5. The van der Waals surface area contributed by atoms with Crippen molar-refractivity contribution in [3.05, 3.63) is 6.42 Å². The first-order valence-corrected chi connectivity index (χ1v) is 2.61. The molecule has 0 aromatic heterocycles. The van der Waals surface area contributed by atoms with Crippen LogP contribution in [0.4, 0.5) is 0 Å². The van der Waals surface area contributed by atoms with Gasteiger partial charge >= 0.3 is 0 Å². The summed E-state index contributed by atoms with van der Waals surface area (Å²) in [5.41, 5.74) is 0. The standard InChI is InChI=1S/C3H4I/c4-3-1-2-3/h1,3H,2H2. The minimum atomic E-state index is 0.928. The lowest BCUT2D eigenvalue weighted by Gasteiger charge is -1.50. The maximum atomic E-state index is 2.40. The Balaban J connectivity index is 2.17. The Morgan fingerprint density at radius 3 is 2.25 bits per heavy atom. The third-order valence-corrected chi connectivity index (χ3v) is 1.43. The molecule has 0 saturated heterocycles. The molecule has 0 N–H and O–H groups in total. The average molecular weight is 167 g/mol. The van der Waals surface area contributed by atoms with Gasteiger partial charge in [0.25, 0.3) is 0 Å². The molecule has 0 spiro atoms. The Morgan fingerprint density at radius 2 is 2.25 bits per heavy atom. The van der Waals surface area contributed by atoms with Crippen LogP contribution < -0.4 is 0 Å². The second kappa shape index (κ2) is 0.847. The van der Waals surface area contributed by atoms with Crippen LogP contribution in [0.2, 0.25) is 0 Å². The number of hydrogen-bond donors (Lipinski definition) is 0. The zero-order valence-electron chi connectivity index (χ0n) is 2.24. The van der Waals surface area contributed by atoms with Crippen LogP contribution in [0.15, 0.2) is 0 Å². The maximum absolute atomic E-state index is 2.40. The van der Waals surface area contributed by atoms with E-state index in [0.717, 1.165) is 3.92 Å². The fraction of sp³-hybridized carbons (Fsp3) is 0.667. The van der Waals surface area contributed by atoms with Gasteiger partial charge in [-0.3, -0.25) is 0 Å². The average Bonchev–Trinajstić information content (AvgIpc) is 1.75. The van der Waals surface area contributed by atoms with Gasteiger partial charge in [0.1, 0.15) is 0 Å². The molecule has 0 amide bonds. The quantitative estimate of drug-likeness (QED) is 0.377. The first kappa shape index (κ1) is 2.94. The van der Waals surface area contributed by atoms with Gasteiger partial charge in [-0.25, -0.2) is 0 Å². The smallest absolute Gasteiger partial charge is 0.0144 e. The van der Waals surface area contributed by atoms with Crippen molar-refractivity contribution in [3.63, 3.8) is 0 Å². The molecule has 1 aliphatic carbocycles. The molecule has 0 nitrogen and oxygen atoms in total. The second-order valence-corrected chi connectivity index (χ2v) is 2.59. The van der Waals surface area contributed by atoms with E-state index in [2.05, 4.69) is 29.0 Å². The van der Waals surface area contributed by atoms with Crippen molar-refractivity contribution in [1.29, 1.82) is 0 Å². The topological polar surface area (TPSA) is 0 Å². The van der Waals surface area contributed by atoms with Crippen molar-refractivity contribution >= 4 is 22.6 Å². The largest absolute Gasteiger partial charge is 0.0823 e. The molecule has 1 heteroatoms. The highest BCUT2D eigenvalue weighted by Crippen LogP contribution is 2.26. The Hall–Kier alpha value is 0.730. The highest BCUT2D eigenvalue weighted by molar-refractivity contribution is 14.1. The lowest BCUT2D eigenvalue weighted by Crippen LogP contribution is -1.43. The van der Waals surface area contributed by atoms with Crippen molar-refractivity contribution in [3.8, 4) is 0 Å². The molecule has 0 aliphatic heterocycles.